The first-order valence-electron chi connectivity index (χ1n) is 8.41. The first-order valence-corrected chi connectivity index (χ1v) is 9.56. The van der Waals surface area contributed by atoms with E-state index in [9.17, 15) is 0 Å². The molecule has 2 aliphatic rings. The van der Waals surface area contributed by atoms with Crippen molar-refractivity contribution in [2.45, 2.75) is 50.7 Å². The van der Waals surface area contributed by atoms with Crippen LogP contribution in [0.1, 0.15) is 55.7 Å². The van der Waals surface area contributed by atoms with E-state index in [4.69, 9.17) is 4.74 Å². The summed E-state index contributed by atoms with van der Waals surface area (Å²) in [5.41, 5.74) is 2.95. The van der Waals surface area contributed by atoms with Gasteiger partial charge in [0.2, 0.25) is 0 Å². The fraction of sp³-hybridized carbons (Fsp3) is 0.667. The molecule has 3 heteroatoms. The van der Waals surface area contributed by atoms with Crippen molar-refractivity contribution in [3.63, 3.8) is 0 Å². The minimum absolute atomic E-state index is 0.312. The van der Waals surface area contributed by atoms with E-state index in [1.54, 1.807) is 0 Å². The quantitative estimate of drug-likeness (QED) is 0.854. The largest absolute Gasteiger partial charge is 0.375 e. The highest BCUT2D eigenvalue weighted by atomic mass is 32.2. The van der Waals surface area contributed by atoms with Crippen LogP contribution in [0.2, 0.25) is 0 Å². The van der Waals surface area contributed by atoms with E-state index in [1.807, 2.05) is 11.8 Å². The van der Waals surface area contributed by atoms with Gasteiger partial charge < -0.3 is 10.1 Å². The van der Waals surface area contributed by atoms with E-state index < -0.39 is 0 Å². The van der Waals surface area contributed by atoms with E-state index in [2.05, 4.69) is 36.5 Å². The summed E-state index contributed by atoms with van der Waals surface area (Å²) in [6, 6.07) is 9.59. The van der Waals surface area contributed by atoms with Gasteiger partial charge in [-0.1, -0.05) is 37.6 Å². The standard InChI is InChI=1S/C18H27NOS/c1-2-9-19-18(17-13-21-11-10-20-17)16-8-4-7-15(12-16)14-5-3-6-14/h4,7-8,12,14,17-19H,2-3,5-6,9-11,13H2,1H3. The Kier molecular flexibility index (Phi) is 5.61. The van der Waals surface area contributed by atoms with Crippen molar-refractivity contribution < 1.29 is 4.74 Å². The summed E-state index contributed by atoms with van der Waals surface area (Å²) in [7, 11) is 0. The summed E-state index contributed by atoms with van der Waals surface area (Å²) in [5, 5.41) is 3.72. The topological polar surface area (TPSA) is 21.3 Å². The lowest BCUT2D eigenvalue weighted by molar-refractivity contribution is 0.0468. The maximum absolute atomic E-state index is 6.05. The maximum atomic E-state index is 6.05. The second-order valence-corrected chi connectivity index (χ2v) is 7.36. The Bertz CT molecular complexity index is 441. The third-order valence-electron chi connectivity index (χ3n) is 4.67. The van der Waals surface area contributed by atoms with Crippen LogP contribution < -0.4 is 5.32 Å². The average Bonchev–Trinajstić information content (AvgIpc) is 2.47. The van der Waals surface area contributed by atoms with Gasteiger partial charge in [-0.3, -0.25) is 0 Å². The lowest BCUT2D eigenvalue weighted by atomic mass is 9.79. The Hall–Kier alpha value is -0.510. The molecule has 1 saturated carbocycles. The van der Waals surface area contributed by atoms with Gasteiger partial charge in [0.25, 0.3) is 0 Å². The predicted octanol–water partition coefficient (Wildman–Crippen LogP) is 4.13. The molecule has 0 amide bonds. The number of rotatable bonds is 6. The highest BCUT2D eigenvalue weighted by molar-refractivity contribution is 7.99. The number of benzene rings is 1. The van der Waals surface area contributed by atoms with Crippen molar-refractivity contribution in [2.75, 3.05) is 24.7 Å². The van der Waals surface area contributed by atoms with Crippen molar-refractivity contribution in [3.8, 4) is 0 Å². The molecule has 0 bridgehead atoms. The fourth-order valence-electron chi connectivity index (χ4n) is 3.21. The first kappa shape index (κ1) is 15.4. The van der Waals surface area contributed by atoms with Gasteiger partial charge in [0.05, 0.1) is 18.8 Å². The zero-order valence-corrected chi connectivity index (χ0v) is 13.8. The molecule has 1 aliphatic carbocycles. The van der Waals surface area contributed by atoms with E-state index in [-0.39, 0.29) is 0 Å². The van der Waals surface area contributed by atoms with E-state index in [0.717, 1.165) is 30.6 Å². The van der Waals surface area contributed by atoms with Gasteiger partial charge in [-0.15, -0.1) is 0 Å². The third-order valence-corrected chi connectivity index (χ3v) is 5.69. The van der Waals surface area contributed by atoms with Crippen LogP contribution in [0, 0.1) is 0 Å². The molecule has 0 aromatic heterocycles. The highest BCUT2D eigenvalue weighted by Crippen LogP contribution is 2.37. The van der Waals surface area contributed by atoms with Gasteiger partial charge in [0.15, 0.2) is 0 Å². The molecule has 0 spiro atoms. The zero-order chi connectivity index (χ0) is 14.5. The number of thioether (sulfide) groups is 1. The summed E-state index contributed by atoms with van der Waals surface area (Å²) in [5.74, 6) is 3.05. The molecule has 116 valence electrons. The number of hydrogen-bond donors (Lipinski definition) is 1. The van der Waals surface area contributed by atoms with E-state index in [1.165, 1.54) is 36.8 Å². The summed E-state index contributed by atoms with van der Waals surface area (Å²) < 4.78 is 6.05. The smallest absolute Gasteiger partial charge is 0.0860 e. The minimum Gasteiger partial charge on any atom is -0.375 e. The minimum atomic E-state index is 0.312. The van der Waals surface area contributed by atoms with Crippen LogP contribution in [-0.4, -0.2) is 30.8 Å². The molecule has 1 aromatic carbocycles. The molecule has 1 heterocycles. The Morgan fingerprint density at radius 3 is 2.95 bits per heavy atom. The first-order chi connectivity index (χ1) is 10.4. The fourth-order valence-corrected chi connectivity index (χ4v) is 4.11. The number of hydrogen-bond acceptors (Lipinski definition) is 3. The molecule has 2 nitrogen and oxygen atoms in total. The zero-order valence-electron chi connectivity index (χ0n) is 13.0. The van der Waals surface area contributed by atoms with Crippen LogP contribution in [0.3, 0.4) is 0 Å². The molecule has 2 unspecified atom stereocenters. The molecule has 3 rings (SSSR count). The molecule has 1 N–H and O–H groups in total. The summed E-state index contributed by atoms with van der Waals surface area (Å²) in [4.78, 5) is 0. The van der Waals surface area contributed by atoms with E-state index in [0.29, 0.717) is 12.1 Å². The number of ether oxygens (including phenoxy) is 1. The summed E-state index contributed by atoms with van der Waals surface area (Å²) in [6.07, 6.45) is 5.61. The van der Waals surface area contributed by atoms with Crippen LogP contribution >= 0.6 is 11.8 Å². The number of nitrogens with one attached hydrogen (secondary N) is 1. The molecule has 1 aromatic rings. The van der Waals surface area contributed by atoms with Gasteiger partial charge in [0.1, 0.15) is 0 Å². The molecule has 1 aliphatic heterocycles. The molecular formula is C18H27NOS. The van der Waals surface area contributed by atoms with Crippen LogP contribution in [0.5, 0.6) is 0 Å². The Labute approximate surface area is 133 Å². The Morgan fingerprint density at radius 1 is 1.38 bits per heavy atom. The normalized spacial score (nSPS) is 24.5. The highest BCUT2D eigenvalue weighted by Gasteiger charge is 2.27. The van der Waals surface area contributed by atoms with Crippen molar-refractivity contribution in [1.29, 1.82) is 0 Å². The van der Waals surface area contributed by atoms with Crippen LogP contribution in [0.25, 0.3) is 0 Å². The summed E-state index contributed by atoms with van der Waals surface area (Å²) >= 11 is 2.02. The lowest BCUT2D eigenvalue weighted by Gasteiger charge is -2.32. The summed E-state index contributed by atoms with van der Waals surface area (Å²) in [6.45, 7) is 4.18. The Morgan fingerprint density at radius 2 is 2.29 bits per heavy atom. The van der Waals surface area contributed by atoms with Gasteiger partial charge in [-0.25, -0.2) is 0 Å². The molecule has 2 atom stereocenters. The monoisotopic (exact) mass is 305 g/mol. The van der Waals surface area contributed by atoms with E-state index >= 15 is 0 Å². The van der Waals surface area contributed by atoms with Gasteiger partial charge in [-0.05, 0) is 42.9 Å². The van der Waals surface area contributed by atoms with Crippen molar-refractivity contribution >= 4 is 11.8 Å². The van der Waals surface area contributed by atoms with Gasteiger partial charge in [-0.2, -0.15) is 11.8 Å². The van der Waals surface area contributed by atoms with Crippen LogP contribution in [0.4, 0.5) is 0 Å². The molecule has 0 radical (unpaired) electrons. The average molecular weight is 305 g/mol. The Balaban J connectivity index is 1.77. The van der Waals surface area contributed by atoms with Crippen molar-refractivity contribution in [1.82, 2.24) is 5.32 Å². The molecule has 2 fully saturated rings. The second kappa shape index (κ2) is 7.66. The van der Waals surface area contributed by atoms with Crippen LogP contribution in [0.15, 0.2) is 24.3 Å². The SMILES string of the molecule is CCCNC(c1cccc(C2CCC2)c1)C1CSCCO1. The van der Waals surface area contributed by atoms with Crippen LogP contribution in [-0.2, 0) is 4.74 Å². The van der Waals surface area contributed by atoms with Crippen molar-refractivity contribution in [2.24, 2.45) is 0 Å². The molecular weight excluding hydrogens is 278 g/mol. The van der Waals surface area contributed by atoms with Crippen molar-refractivity contribution in [3.05, 3.63) is 35.4 Å². The predicted molar refractivity (Wildman–Crippen MR) is 91.1 cm³/mol. The molecule has 1 saturated heterocycles. The van der Waals surface area contributed by atoms with Gasteiger partial charge >= 0.3 is 0 Å². The second-order valence-electron chi connectivity index (χ2n) is 6.21. The van der Waals surface area contributed by atoms with Gasteiger partial charge in [0, 0.05) is 11.5 Å². The lowest BCUT2D eigenvalue weighted by Crippen LogP contribution is -2.38. The maximum Gasteiger partial charge on any atom is 0.0860 e. The molecule has 21 heavy (non-hydrogen) atoms. The third kappa shape index (κ3) is 3.82.